The maximum absolute atomic E-state index is 11.9. The summed E-state index contributed by atoms with van der Waals surface area (Å²) in [6.07, 6.45) is 4.43. The van der Waals surface area contributed by atoms with E-state index in [1.165, 1.54) is 24.8 Å². The van der Waals surface area contributed by atoms with Crippen molar-refractivity contribution in [3.05, 3.63) is 42.1 Å². The summed E-state index contributed by atoms with van der Waals surface area (Å²) in [5, 5.41) is 2.67. The second kappa shape index (κ2) is 4.56. The largest absolute Gasteiger partial charge is 0.384 e. The van der Waals surface area contributed by atoms with Crippen LogP contribution in [0.3, 0.4) is 0 Å². The van der Waals surface area contributed by atoms with Gasteiger partial charge in [-0.2, -0.15) is 0 Å². The van der Waals surface area contributed by atoms with Crippen molar-refractivity contribution < 1.29 is 4.79 Å². The number of amides is 1. The number of pyridine rings is 1. The van der Waals surface area contributed by atoms with Gasteiger partial charge in [0.05, 0.1) is 18.1 Å². The van der Waals surface area contributed by atoms with Gasteiger partial charge in [-0.25, -0.2) is 15.0 Å². The third kappa shape index (κ3) is 2.75. The number of aromatic nitrogens is 3. The Labute approximate surface area is 97.9 Å². The minimum absolute atomic E-state index is 0.267. The molecule has 0 aliphatic rings. The van der Waals surface area contributed by atoms with Gasteiger partial charge in [0.25, 0.3) is 5.91 Å². The summed E-state index contributed by atoms with van der Waals surface area (Å²) in [6.45, 7) is 1.78. The van der Waals surface area contributed by atoms with Crippen molar-refractivity contribution in [2.24, 2.45) is 0 Å². The lowest BCUT2D eigenvalue weighted by atomic mass is 10.2. The molecule has 6 nitrogen and oxygen atoms in total. The molecule has 2 aromatic heterocycles. The molecular weight excluding hydrogens is 218 g/mol. The number of hydrogen-bond donors (Lipinski definition) is 2. The zero-order chi connectivity index (χ0) is 12.3. The molecule has 17 heavy (non-hydrogen) atoms. The zero-order valence-corrected chi connectivity index (χ0v) is 9.21. The normalized spacial score (nSPS) is 9.94. The van der Waals surface area contributed by atoms with Crippen LogP contribution in [-0.4, -0.2) is 20.9 Å². The van der Waals surface area contributed by atoms with Crippen LogP contribution in [0, 0.1) is 6.92 Å². The van der Waals surface area contributed by atoms with E-state index < -0.39 is 0 Å². The molecule has 3 N–H and O–H groups in total. The quantitative estimate of drug-likeness (QED) is 0.801. The zero-order valence-electron chi connectivity index (χ0n) is 9.21. The lowest BCUT2D eigenvalue weighted by Gasteiger charge is -2.05. The van der Waals surface area contributed by atoms with Crippen molar-refractivity contribution in [1.29, 1.82) is 0 Å². The van der Waals surface area contributed by atoms with Crippen molar-refractivity contribution in [3.63, 3.8) is 0 Å². The van der Waals surface area contributed by atoms with E-state index in [2.05, 4.69) is 20.3 Å². The van der Waals surface area contributed by atoms with Gasteiger partial charge in [0.2, 0.25) is 0 Å². The fourth-order valence-electron chi connectivity index (χ4n) is 1.39. The summed E-state index contributed by atoms with van der Waals surface area (Å²) in [5.41, 5.74) is 7.26. The molecule has 0 radical (unpaired) electrons. The van der Waals surface area contributed by atoms with Crippen LogP contribution in [0.4, 0.5) is 11.5 Å². The number of nitrogens with one attached hydrogen (secondary N) is 1. The first-order valence-electron chi connectivity index (χ1n) is 4.95. The Hall–Kier alpha value is -2.50. The minimum atomic E-state index is -0.267. The van der Waals surface area contributed by atoms with Gasteiger partial charge in [-0.3, -0.25) is 4.79 Å². The number of nitrogens with two attached hydrogens (primary N) is 1. The number of carbonyl (C=O) groups is 1. The lowest BCUT2D eigenvalue weighted by Crippen LogP contribution is -2.13. The standard InChI is InChI=1S/C11H11N5O/c1-7-2-8(3-10(12)15-7)11(17)16-9-4-13-6-14-5-9/h2-6H,1H3,(H2,12,15)(H,16,17). The molecule has 1 amide bonds. The van der Waals surface area contributed by atoms with Crippen LogP contribution < -0.4 is 11.1 Å². The topological polar surface area (TPSA) is 93.8 Å². The molecule has 0 saturated heterocycles. The number of carbonyl (C=O) groups excluding carboxylic acids is 1. The highest BCUT2D eigenvalue weighted by atomic mass is 16.1. The first-order valence-corrected chi connectivity index (χ1v) is 4.95. The first kappa shape index (κ1) is 11.0. The molecule has 2 rings (SSSR count). The second-order valence-electron chi connectivity index (χ2n) is 3.50. The van der Waals surface area contributed by atoms with E-state index in [0.717, 1.165) is 0 Å². The minimum Gasteiger partial charge on any atom is -0.384 e. The second-order valence-corrected chi connectivity index (χ2v) is 3.50. The monoisotopic (exact) mass is 229 g/mol. The molecule has 0 aromatic carbocycles. The summed E-state index contributed by atoms with van der Waals surface area (Å²) in [4.78, 5) is 23.5. The van der Waals surface area contributed by atoms with E-state index in [-0.39, 0.29) is 5.91 Å². The average Bonchev–Trinajstić information content (AvgIpc) is 2.29. The Morgan fingerprint density at radius 2 is 2.00 bits per heavy atom. The van der Waals surface area contributed by atoms with E-state index in [0.29, 0.717) is 22.8 Å². The van der Waals surface area contributed by atoms with E-state index >= 15 is 0 Å². The Morgan fingerprint density at radius 1 is 1.29 bits per heavy atom. The average molecular weight is 229 g/mol. The summed E-state index contributed by atoms with van der Waals surface area (Å²) in [7, 11) is 0. The van der Waals surface area contributed by atoms with Gasteiger partial charge < -0.3 is 11.1 Å². The molecule has 0 unspecified atom stereocenters. The van der Waals surface area contributed by atoms with Crippen molar-refractivity contribution in [3.8, 4) is 0 Å². The van der Waals surface area contributed by atoms with Crippen molar-refractivity contribution in [2.75, 3.05) is 11.1 Å². The maximum atomic E-state index is 11.9. The number of nitrogen functional groups attached to an aromatic ring is 1. The summed E-state index contributed by atoms with van der Waals surface area (Å²) in [6, 6.07) is 3.18. The maximum Gasteiger partial charge on any atom is 0.255 e. The van der Waals surface area contributed by atoms with E-state index in [4.69, 9.17) is 5.73 Å². The number of hydrogen-bond acceptors (Lipinski definition) is 5. The summed E-state index contributed by atoms with van der Waals surface area (Å²) in [5.74, 6) is 0.0523. The van der Waals surface area contributed by atoms with Gasteiger partial charge in [-0.15, -0.1) is 0 Å². The van der Waals surface area contributed by atoms with Crippen LogP contribution in [0.1, 0.15) is 16.1 Å². The first-order chi connectivity index (χ1) is 8.15. The molecule has 2 heterocycles. The van der Waals surface area contributed by atoms with Crippen molar-refractivity contribution in [2.45, 2.75) is 6.92 Å². The van der Waals surface area contributed by atoms with E-state index in [1.54, 1.807) is 13.0 Å². The summed E-state index contributed by atoms with van der Waals surface area (Å²) >= 11 is 0. The van der Waals surface area contributed by atoms with Crippen LogP contribution >= 0.6 is 0 Å². The number of anilines is 2. The fraction of sp³-hybridized carbons (Fsp3) is 0.0909. The third-order valence-electron chi connectivity index (χ3n) is 2.05. The van der Waals surface area contributed by atoms with Crippen LogP contribution in [0.2, 0.25) is 0 Å². The molecule has 86 valence electrons. The molecule has 0 bridgehead atoms. The predicted octanol–water partition coefficient (Wildman–Crippen LogP) is 1.01. The molecule has 0 aliphatic heterocycles. The highest BCUT2D eigenvalue weighted by Gasteiger charge is 2.08. The van der Waals surface area contributed by atoms with Gasteiger partial charge >= 0.3 is 0 Å². The molecule has 0 saturated carbocycles. The SMILES string of the molecule is Cc1cc(C(=O)Nc2cncnc2)cc(N)n1. The van der Waals surface area contributed by atoms with Crippen LogP contribution in [0.25, 0.3) is 0 Å². The molecule has 0 spiro atoms. The Bertz CT molecular complexity index is 521. The highest BCUT2D eigenvalue weighted by molar-refractivity contribution is 6.04. The van der Waals surface area contributed by atoms with E-state index in [1.807, 2.05) is 0 Å². The lowest BCUT2D eigenvalue weighted by molar-refractivity contribution is 0.102. The molecular formula is C11H11N5O. The predicted molar refractivity (Wildman–Crippen MR) is 63.4 cm³/mol. The van der Waals surface area contributed by atoms with Crippen LogP contribution in [0.5, 0.6) is 0 Å². The Morgan fingerprint density at radius 3 is 2.65 bits per heavy atom. The molecule has 6 heteroatoms. The molecule has 0 fully saturated rings. The highest BCUT2D eigenvalue weighted by Crippen LogP contribution is 2.10. The van der Waals surface area contributed by atoms with Crippen molar-refractivity contribution >= 4 is 17.4 Å². The Balaban J connectivity index is 2.20. The molecule has 2 aromatic rings. The molecule has 0 atom stereocenters. The van der Waals surface area contributed by atoms with Gasteiger partial charge in [-0.1, -0.05) is 0 Å². The number of rotatable bonds is 2. The van der Waals surface area contributed by atoms with Crippen LogP contribution in [0.15, 0.2) is 30.9 Å². The smallest absolute Gasteiger partial charge is 0.255 e. The van der Waals surface area contributed by atoms with Crippen molar-refractivity contribution in [1.82, 2.24) is 15.0 Å². The molecule has 0 aliphatic carbocycles. The Kier molecular flexibility index (Phi) is 2.95. The third-order valence-corrected chi connectivity index (χ3v) is 2.05. The van der Waals surface area contributed by atoms with Crippen LogP contribution in [-0.2, 0) is 0 Å². The van der Waals surface area contributed by atoms with Gasteiger partial charge in [0.15, 0.2) is 0 Å². The number of aryl methyl sites for hydroxylation is 1. The van der Waals surface area contributed by atoms with E-state index in [9.17, 15) is 4.79 Å². The fourth-order valence-corrected chi connectivity index (χ4v) is 1.39. The van der Waals surface area contributed by atoms with Gasteiger partial charge in [-0.05, 0) is 19.1 Å². The number of nitrogens with zero attached hydrogens (tertiary/aromatic N) is 3. The van der Waals surface area contributed by atoms with Gasteiger partial charge in [0.1, 0.15) is 12.1 Å². The van der Waals surface area contributed by atoms with Gasteiger partial charge in [0, 0.05) is 11.3 Å². The summed E-state index contributed by atoms with van der Waals surface area (Å²) < 4.78 is 0.